The molecule has 2 aliphatic rings. The number of sulfonamides is 1. The molecule has 0 aliphatic carbocycles. The van der Waals surface area contributed by atoms with Gasteiger partial charge in [-0.05, 0) is 79.3 Å². The molecule has 2 aromatic carbocycles. The summed E-state index contributed by atoms with van der Waals surface area (Å²) >= 11 is 0. The molecule has 0 spiro atoms. The molecule has 8 heteroatoms. The van der Waals surface area contributed by atoms with Crippen LogP contribution in [0.3, 0.4) is 0 Å². The molecule has 1 unspecified atom stereocenters. The van der Waals surface area contributed by atoms with E-state index in [0.29, 0.717) is 43.8 Å². The van der Waals surface area contributed by atoms with Crippen molar-refractivity contribution in [3.05, 3.63) is 53.1 Å². The molecule has 2 aromatic rings. The Morgan fingerprint density at radius 1 is 1.14 bits per heavy atom. The number of anilines is 1. The molecule has 4 rings (SSSR count). The van der Waals surface area contributed by atoms with Crippen molar-refractivity contribution in [3.63, 3.8) is 0 Å². The van der Waals surface area contributed by atoms with Gasteiger partial charge in [-0.3, -0.25) is 4.31 Å². The summed E-state index contributed by atoms with van der Waals surface area (Å²) in [4.78, 5) is 12.0. The van der Waals surface area contributed by atoms with Gasteiger partial charge in [0, 0.05) is 19.3 Å². The molecule has 0 bridgehead atoms. The highest BCUT2D eigenvalue weighted by molar-refractivity contribution is 7.92. The summed E-state index contributed by atoms with van der Waals surface area (Å²) in [6.07, 6.45) is 3.94. The minimum Gasteiger partial charge on any atom is -0.492 e. The minimum absolute atomic E-state index is 0.0347. The number of rotatable bonds is 8. The molecule has 0 radical (unpaired) electrons. The molecular formula is C27H35NO6S. The van der Waals surface area contributed by atoms with Crippen LogP contribution in [0.2, 0.25) is 0 Å². The van der Waals surface area contributed by atoms with Crippen LogP contribution in [0.1, 0.15) is 73.9 Å². The van der Waals surface area contributed by atoms with E-state index < -0.39 is 16.0 Å². The van der Waals surface area contributed by atoms with E-state index in [9.17, 15) is 18.3 Å². The first-order chi connectivity index (χ1) is 16.7. The predicted octanol–water partition coefficient (Wildman–Crippen LogP) is 5.23. The summed E-state index contributed by atoms with van der Waals surface area (Å²) in [6, 6.07) is 9.97. The highest BCUT2D eigenvalue weighted by Crippen LogP contribution is 2.38. The van der Waals surface area contributed by atoms with Crippen molar-refractivity contribution < 1.29 is 27.8 Å². The van der Waals surface area contributed by atoms with Gasteiger partial charge < -0.3 is 14.6 Å². The number of carboxylic acids is 1. The van der Waals surface area contributed by atoms with E-state index in [0.717, 1.165) is 31.2 Å². The molecule has 7 nitrogen and oxygen atoms in total. The number of carbonyl (C=O) groups is 1. The molecule has 2 aliphatic heterocycles. The maximum Gasteiger partial charge on any atom is 0.339 e. The van der Waals surface area contributed by atoms with Gasteiger partial charge in [0.2, 0.25) is 0 Å². The van der Waals surface area contributed by atoms with Gasteiger partial charge in [0.1, 0.15) is 11.3 Å². The van der Waals surface area contributed by atoms with Crippen molar-refractivity contribution in [1.82, 2.24) is 0 Å². The largest absolute Gasteiger partial charge is 0.492 e. The van der Waals surface area contributed by atoms with E-state index in [1.54, 1.807) is 0 Å². The molecule has 2 heterocycles. The molecule has 1 N–H and O–H groups in total. The number of fused-ring (bicyclic) bond motifs is 1. The molecule has 190 valence electrons. The lowest BCUT2D eigenvalue weighted by Crippen LogP contribution is -2.43. The molecule has 35 heavy (non-hydrogen) atoms. The zero-order valence-corrected chi connectivity index (χ0v) is 21.5. The van der Waals surface area contributed by atoms with Crippen LogP contribution in [-0.2, 0) is 21.2 Å². The van der Waals surface area contributed by atoms with Crippen LogP contribution in [-0.4, -0.2) is 45.4 Å². The van der Waals surface area contributed by atoms with Crippen LogP contribution in [0.5, 0.6) is 5.75 Å². The molecule has 1 fully saturated rings. The number of carboxylic acid groups (broad SMARTS) is 1. The first-order valence-corrected chi connectivity index (χ1v) is 13.9. The summed E-state index contributed by atoms with van der Waals surface area (Å²) in [5.74, 6) is -0.381. The number of hydrogen-bond donors (Lipinski definition) is 1. The van der Waals surface area contributed by atoms with E-state index in [2.05, 4.69) is 19.9 Å². The van der Waals surface area contributed by atoms with Gasteiger partial charge >= 0.3 is 5.97 Å². The van der Waals surface area contributed by atoms with Crippen LogP contribution >= 0.6 is 0 Å². The monoisotopic (exact) mass is 501 g/mol. The molecule has 0 amide bonds. The molecule has 0 aromatic heterocycles. The Morgan fingerprint density at radius 2 is 1.89 bits per heavy atom. The third-order valence-electron chi connectivity index (χ3n) is 7.11. The Kier molecular flexibility index (Phi) is 7.71. The standard InChI is InChI=1S/C27H35NO6S/c1-4-22-7-5-21-15-20(18(2)3)6-9-25(21)28(22)35(31,32)23-8-10-26(24(16-23)27(29)30)34-17-19-11-13-33-14-12-19/h6,8-10,15-16,18-19,22H,4-5,7,11-14,17H2,1-3H3,(H,29,30). The Hall–Kier alpha value is -2.58. The van der Waals surface area contributed by atoms with Crippen LogP contribution < -0.4 is 9.04 Å². The number of hydrogen-bond acceptors (Lipinski definition) is 5. The predicted molar refractivity (Wildman–Crippen MR) is 135 cm³/mol. The Bertz CT molecular complexity index is 1170. The minimum atomic E-state index is -3.98. The summed E-state index contributed by atoms with van der Waals surface area (Å²) in [5, 5.41) is 9.83. The maximum atomic E-state index is 13.9. The maximum absolute atomic E-state index is 13.9. The zero-order valence-electron chi connectivity index (χ0n) is 20.7. The normalized spacial score (nSPS) is 19.0. The fraction of sp³-hybridized carbons (Fsp3) is 0.519. The highest BCUT2D eigenvalue weighted by Gasteiger charge is 2.36. The quantitative estimate of drug-likeness (QED) is 0.532. The third kappa shape index (κ3) is 5.33. The lowest BCUT2D eigenvalue weighted by molar-refractivity contribution is 0.0490. The van der Waals surface area contributed by atoms with Gasteiger partial charge in [-0.2, -0.15) is 0 Å². The summed E-state index contributed by atoms with van der Waals surface area (Å²) < 4.78 is 40.5. The van der Waals surface area contributed by atoms with Gasteiger partial charge in [0.25, 0.3) is 10.0 Å². The van der Waals surface area contributed by atoms with Crippen molar-refractivity contribution in [1.29, 1.82) is 0 Å². The van der Waals surface area contributed by atoms with Gasteiger partial charge in [-0.15, -0.1) is 0 Å². The molecular weight excluding hydrogens is 466 g/mol. The summed E-state index contributed by atoms with van der Waals surface area (Å²) in [7, 11) is -3.98. The molecule has 1 atom stereocenters. The van der Waals surface area contributed by atoms with Crippen molar-refractivity contribution >= 4 is 21.7 Å². The van der Waals surface area contributed by atoms with Gasteiger partial charge in [0.15, 0.2) is 0 Å². The average Bonchev–Trinajstić information content (AvgIpc) is 2.86. The second kappa shape index (κ2) is 10.6. The van der Waals surface area contributed by atoms with E-state index in [1.807, 2.05) is 19.1 Å². The van der Waals surface area contributed by atoms with Crippen LogP contribution in [0, 0.1) is 5.92 Å². The van der Waals surface area contributed by atoms with Gasteiger partial charge in [0.05, 0.1) is 17.2 Å². The summed E-state index contributed by atoms with van der Waals surface area (Å²) in [6.45, 7) is 7.94. The average molecular weight is 502 g/mol. The second-order valence-corrected chi connectivity index (χ2v) is 11.6. The Balaban J connectivity index is 1.68. The third-order valence-corrected chi connectivity index (χ3v) is 8.97. The van der Waals surface area contributed by atoms with Gasteiger partial charge in [-0.1, -0.05) is 32.9 Å². The molecule has 0 saturated carbocycles. The van der Waals surface area contributed by atoms with Gasteiger partial charge in [-0.25, -0.2) is 13.2 Å². The fourth-order valence-electron chi connectivity index (χ4n) is 4.91. The fourth-order valence-corrected chi connectivity index (χ4v) is 6.73. The van der Waals surface area contributed by atoms with Crippen LogP contribution in [0.15, 0.2) is 41.3 Å². The number of aromatic carboxylic acids is 1. The van der Waals surface area contributed by atoms with E-state index in [-0.39, 0.29) is 22.3 Å². The van der Waals surface area contributed by atoms with E-state index in [4.69, 9.17) is 9.47 Å². The zero-order chi connectivity index (χ0) is 25.2. The van der Waals surface area contributed by atoms with E-state index >= 15 is 0 Å². The SMILES string of the molecule is CCC1CCc2cc(C(C)C)ccc2N1S(=O)(=O)c1ccc(OCC2CCOCC2)c(C(=O)O)c1. The van der Waals surface area contributed by atoms with Crippen LogP contribution in [0.4, 0.5) is 5.69 Å². The first kappa shape index (κ1) is 25.5. The van der Waals surface area contributed by atoms with Crippen molar-refractivity contribution in [2.24, 2.45) is 5.92 Å². The molecule has 1 saturated heterocycles. The topological polar surface area (TPSA) is 93.1 Å². The van der Waals surface area contributed by atoms with Crippen molar-refractivity contribution in [2.75, 3.05) is 24.1 Å². The number of nitrogens with zero attached hydrogens (tertiary/aromatic N) is 1. The Morgan fingerprint density at radius 3 is 2.54 bits per heavy atom. The highest BCUT2D eigenvalue weighted by atomic mass is 32.2. The Labute approximate surface area is 208 Å². The smallest absolute Gasteiger partial charge is 0.339 e. The number of benzene rings is 2. The van der Waals surface area contributed by atoms with Crippen molar-refractivity contribution in [3.8, 4) is 5.75 Å². The summed E-state index contributed by atoms with van der Waals surface area (Å²) in [5.41, 5.74) is 2.73. The second-order valence-electron chi connectivity index (χ2n) is 9.77. The first-order valence-electron chi connectivity index (χ1n) is 12.5. The number of aryl methyl sites for hydroxylation is 1. The van der Waals surface area contributed by atoms with Crippen molar-refractivity contribution in [2.45, 2.75) is 69.7 Å². The number of ether oxygens (including phenoxy) is 2. The van der Waals surface area contributed by atoms with Crippen LogP contribution in [0.25, 0.3) is 0 Å². The van der Waals surface area contributed by atoms with E-state index in [1.165, 1.54) is 28.1 Å². The lowest BCUT2D eigenvalue weighted by Gasteiger charge is -2.38. The lowest BCUT2D eigenvalue weighted by atomic mass is 9.92.